The van der Waals surface area contributed by atoms with Gasteiger partial charge in [0.15, 0.2) is 0 Å². The van der Waals surface area contributed by atoms with Gasteiger partial charge in [0.25, 0.3) is 0 Å². The first-order chi connectivity index (χ1) is 13.2. The third-order valence-corrected chi connectivity index (χ3v) is 5.68. The van der Waals surface area contributed by atoms with Crippen molar-refractivity contribution in [3.8, 4) is 5.75 Å². The van der Waals surface area contributed by atoms with E-state index in [9.17, 15) is 4.79 Å². The number of hydrogen-bond acceptors (Lipinski definition) is 4. The third-order valence-electron chi connectivity index (χ3n) is 5.31. The Morgan fingerprint density at radius 1 is 1.07 bits per heavy atom. The number of anilines is 1. The minimum Gasteiger partial charge on any atom is -0.489 e. The maximum atomic E-state index is 11.9. The van der Waals surface area contributed by atoms with Crippen LogP contribution in [0.1, 0.15) is 12.0 Å². The van der Waals surface area contributed by atoms with Crippen LogP contribution in [0.4, 0.5) is 5.69 Å². The Bertz CT molecular complexity index is 806. The van der Waals surface area contributed by atoms with Gasteiger partial charge in [-0.05, 0) is 24.6 Å². The fourth-order valence-electron chi connectivity index (χ4n) is 3.77. The van der Waals surface area contributed by atoms with Crippen molar-refractivity contribution >= 4 is 23.2 Å². The summed E-state index contributed by atoms with van der Waals surface area (Å²) in [6.07, 6.45) is 0.921. The lowest BCUT2D eigenvalue weighted by atomic mass is 10.1. The summed E-state index contributed by atoms with van der Waals surface area (Å²) in [6.45, 7) is 4.89. The fourth-order valence-corrected chi connectivity index (χ4v) is 3.96. The topological polar surface area (TPSA) is 44.8 Å². The summed E-state index contributed by atoms with van der Waals surface area (Å²) in [7, 11) is 0. The molecule has 0 spiro atoms. The molecule has 4 rings (SSSR count). The molecule has 2 aromatic carbocycles. The van der Waals surface area contributed by atoms with E-state index in [1.807, 2.05) is 36.4 Å². The highest BCUT2D eigenvalue weighted by Crippen LogP contribution is 2.25. The molecule has 0 radical (unpaired) electrons. The normalized spacial score (nSPS) is 20.6. The number of carbonyl (C=O) groups excluding carboxylic acids is 1. The molecular weight excluding hydrogens is 362 g/mol. The lowest BCUT2D eigenvalue weighted by Gasteiger charge is -2.38. The quantitative estimate of drug-likeness (QED) is 0.859. The van der Waals surface area contributed by atoms with Crippen molar-refractivity contribution in [2.24, 2.45) is 0 Å². The van der Waals surface area contributed by atoms with Crippen molar-refractivity contribution < 1.29 is 9.53 Å². The molecule has 1 unspecified atom stereocenters. The van der Waals surface area contributed by atoms with E-state index in [1.54, 1.807) is 0 Å². The van der Waals surface area contributed by atoms with Crippen molar-refractivity contribution in [3.05, 3.63) is 59.1 Å². The van der Waals surface area contributed by atoms with Gasteiger partial charge in [-0.25, -0.2) is 0 Å². The fraction of sp³-hybridized carbons (Fsp3) is 0.381. The van der Waals surface area contributed by atoms with Crippen molar-refractivity contribution in [3.63, 3.8) is 0 Å². The second-order valence-electron chi connectivity index (χ2n) is 7.00. The van der Waals surface area contributed by atoms with Crippen LogP contribution in [-0.4, -0.2) is 49.6 Å². The Hall–Kier alpha value is -2.24. The number of amides is 1. The van der Waals surface area contributed by atoms with Crippen LogP contribution in [0, 0.1) is 0 Å². The van der Waals surface area contributed by atoms with E-state index < -0.39 is 0 Å². The molecule has 0 aliphatic carbocycles. The van der Waals surface area contributed by atoms with E-state index in [0.717, 1.165) is 61.2 Å². The van der Waals surface area contributed by atoms with Gasteiger partial charge < -0.3 is 15.0 Å². The van der Waals surface area contributed by atoms with Crippen molar-refractivity contribution in [1.82, 2.24) is 10.2 Å². The van der Waals surface area contributed by atoms with Gasteiger partial charge in [0, 0.05) is 55.1 Å². The van der Waals surface area contributed by atoms with Gasteiger partial charge in [0.2, 0.25) is 5.91 Å². The Kier molecular flexibility index (Phi) is 5.50. The number of hydrogen-bond donors (Lipinski definition) is 1. The highest BCUT2D eigenvalue weighted by atomic mass is 35.5. The first kappa shape index (κ1) is 18.1. The number of piperazine rings is 1. The highest BCUT2D eigenvalue weighted by molar-refractivity contribution is 6.31. The molecule has 2 aliphatic rings. The molecule has 1 N–H and O–H groups in total. The van der Waals surface area contributed by atoms with Crippen LogP contribution in [0.2, 0.25) is 5.02 Å². The molecule has 5 nitrogen and oxygen atoms in total. The number of nitrogens with one attached hydrogen (secondary N) is 1. The van der Waals surface area contributed by atoms with Gasteiger partial charge in [-0.3, -0.25) is 9.69 Å². The minimum absolute atomic E-state index is 0.0532. The lowest BCUT2D eigenvalue weighted by molar-refractivity contribution is -0.123. The molecule has 2 saturated heterocycles. The first-order valence-electron chi connectivity index (χ1n) is 9.44. The molecule has 0 aromatic heterocycles. The van der Waals surface area contributed by atoms with E-state index in [1.165, 1.54) is 0 Å². The molecule has 1 amide bonds. The van der Waals surface area contributed by atoms with Crippen LogP contribution in [0.15, 0.2) is 48.5 Å². The molecular formula is C21H24ClN3O2. The van der Waals surface area contributed by atoms with E-state index in [2.05, 4.69) is 27.2 Å². The van der Waals surface area contributed by atoms with Gasteiger partial charge in [0.05, 0.1) is 6.04 Å². The summed E-state index contributed by atoms with van der Waals surface area (Å²) in [6, 6.07) is 16.0. The summed E-state index contributed by atoms with van der Waals surface area (Å²) >= 11 is 6.20. The number of halogens is 1. The molecule has 0 bridgehead atoms. The molecule has 6 heteroatoms. The van der Waals surface area contributed by atoms with Crippen molar-refractivity contribution in [2.75, 3.05) is 37.6 Å². The standard InChI is InChI=1S/C21H24ClN3O2/c22-19-7-2-1-4-16(19)15-27-18-6-3-5-17(14-18)24-10-12-25(13-11-24)20-8-9-23-21(20)26/h1-7,14,20H,8-13,15H2,(H,23,26). The Labute approximate surface area is 164 Å². The summed E-state index contributed by atoms with van der Waals surface area (Å²) in [4.78, 5) is 16.5. The minimum atomic E-state index is 0.0532. The van der Waals surface area contributed by atoms with Crippen LogP contribution in [-0.2, 0) is 11.4 Å². The number of ether oxygens (including phenoxy) is 1. The summed E-state index contributed by atoms with van der Waals surface area (Å²) in [5.74, 6) is 1.02. The zero-order valence-corrected chi connectivity index (χ0v) is 16.0. The molecule has 2 heterocycles. The largest absolute Gasteiger partial charge is 0.489 e. The van der Waals surface area contributed by atoms with Crippen LogP contribution < -0.4 is 15.0 Å². The van der Waals surface area contributed by atoms with E-state index >= 15 is 0 Å². The van der Waals surface area contributed by atoms with Crippen LogP contribution in [0.5, 0.6) is 5.75 Å². The predicted molar refractivity (Wildman–Crippen MR) is 107 cm³/mol. The van der Waals surface area contributed by atoms with E-state index in [4.69, 9.17) is 16.3 Å². The average molecular weight is 386 g/mol. The van der Waals surface area contributed by atoms with Gasteiger partial charge in [-0.2, -0.15) is 0 Å². The Morgan fingerprint density at radius 2 is 1.89 bits per heavy atom. The number of rotatable bonds is 5. The van der Waals surface area contributed by atoms with Crippen LogP contribution in [0.3, 0.4) is 0 Å². The zero-order chi connectivity index (χ0) is 18.6. The summed E-state index contributed by atoms with van der Waals surface area (Å²) in [5.41, 5.74) is 2.13. The number of nitrogens with zero attached hydrogens (tertiary/aromatic N) is 2. The van der Waals surface area contributed by atoms with Gasteiger partial charge in [-0.1, -0.05) is 35.9 Å². The smallest absolute Gasteiger partial charge is 0.237 e. The Morgan fingerprint density at radius 3 is 2.63 bits per heavy atom. The van der Waals surface area contributed by atoms with Gasteiger partial charge in [-0.15, -0.1) is 0 Å². The maximum Gasteiger partial charge on any atom is 0.237 e. The van der Waals surface area contributed by atoms with E-state index in [-0.39, 0.29) is 11.9 Å². The molecule has 142 valence electrons. The molecule has 2 aromatic rings. The average Bonchev–Trinajstić information content (AvgIpc) is 3.14. The molecule has 27 heavy (non-hydrogen) atoms. The van der Waals surface area contributed by atoms with Gasteiger partial charge >= 0.3 is 0 Å². The van der Waals surface area contributed by atoms with Crippen LogP contribution >= 0.6 is 11.6 Å². The predicted octanol–water partition coefficient (Wildman–Crippen LogP) is 2.93. The highest BCUT2D eigenvalue weighted by Gasteiger charge is 2.32. The maximum absolute atomic E-state index is 11.9. The summed E-state index contributed by atoms with van der Waals surface area (Å²) in [5, 5.41) is 3.65. The first-order valence-corrected chi connectivity index (χ1v) is 9.81. The monoisotopic (exact) mass is 385 g/mol. The number of carbonyl (C=O) groups is 1. The zero-order valence-electron chi connectivity index (χ0n) is 15.2. The molecule has 0 saturated carbocycles. The second kappa shape index (κ2) is 8.19. The van der Waals surface area contributed by atoms with Crippen LogP contribution in [0.25, 0.3) is 0 Å². The second-order valence-corrected chi connectivity index (χ2v) is 7.40. The van der Waals surface area contributed by atoms with Crippen molar-refractivity contribution in [2.45, 2.75) is 19.1 Å². The molecule has 2 aliphatic heterocycles. The third kappa shape index (κ3) is 4.20. The van der Waals surface area contributed by atoms with E-state index in [0.29, 0.717) is 6.61 Å². The molecule has 1 atom stereocenters. The van der Waals surface area contributed by atoms with Crippen molar-refractivity contribution in [1.29, 1.82) is 0 Å². The summed E-state index contributed by atoms with van der Waals surface area (Å²) < 4.78 is 5.95. The lowest BCUT2D eigenvalue weighted by Crippen LogP contribution is -2.52. The SMILES string of the molecule is O=C1NCCC1N1CCN(c2cccc(OCc3ccccc3Cl)c2)CC1. The van der Waals surface area contributed by atoms with Gasteiger partial charge in [0.1, 0.15) is 12.4 Å². The molecule has 2 fully saturated rings. The number of benzene rings is 2. The Balaban J connectivity index is 1.35.